The zero-order valence-corrected chi connectivity index (χ0v) is 13.7. The maximum Gasteiger partial charge on any atom is 0.226 e. The van der Waals surface area contributed by atoms with E-state index in [1.165, 1.54) is 12.1 Å². The molecule has 0 radical (unpaired) electrons. The van der Waals surface area contributed by atoms with Crippen LogP contribution in [0.1, 0.15) is 23.6 Å². The van der Waals surface area contributed by atoms with Crippen molar-refractivity contribution >= 4 is 23.3 Å². The number of hydrogen-bond acceptors (Lipinski definition) is 3. The van der Waals surface area contributed by atoms with Gasteiger partial charge < -0.3 is 10.4 Å². The summed E-state index contributed by atoms with van der Waals surface area (Å²) >= 11 is 5.86. The number of phenolic OH excluding ortho intramolecular Hbond substituents is 1. The molecule has 25 heavy (non-hydrogen) atoms. The summed E-state index contributed by atoms with van der Waals surface area (Å²) in [6.45, 7) is 0. The maximum absolute atomic E-state index is 13.4. The highest BCUT2D eigenvalue weighted by Crippen LogP contribution is 2.38. The van der Waals surface area contributed by atoms with Gasteiger partial charge >= 0.3 is 0 Å². The lowest BCUT2D eigenvalue weighted by atomic mass is 9.90. The van der Waals surface area contributed by atoms with Crippen LogP contribution >= 0.6 is 11.6 Å². The summed E-state index contributed by atoms with van der Waals surface area (Å²) in [4.78, 5) is 16.6. The smallest absolute Gasteiger partial charge is 0.226 e. The molecule has 0 aliphatic carbocycles. The molecule has 0 spiro atoms. The normalized spacial score (nSPS) is 16.4. The van der Waals surface area contributed by atoms with E-state index in [4.69, 9.17) is 11.6 Å². The lowest BCUT2D eigenvalue weighted by Gasteiger charge is -2.23. The van der Waals surface area contributed by atoms with Crippen molar-refractivity contribution in [2.75, 3.05) is 5.32 Å². The molecule has 126 valence electrons. The van der Waals surface area contributed by atoms with E-state index in [-0.39, 0.29) is 29.0 Å². The third kappa shape index (κ3) is 2.74. The van der Waals surface area contributed by atoms with Crippen LogP contribution in [0.3, 0.4) is 0 Å². The highest BCUT2D eigenvalue weighted by atomic mass is 35.5. The average Bonchev–Trinajstić information content (AvgIpc) is 3.00. The van der Waals surface area contributed by atoms with Gasteiger partial charge in [0.05, 0.1) is 16.4 Å². The van der Waals surface area contributed by atoms with E-state index >= 15 is 0 Å². The molecular formula is C18H13ClFN3O2. The Morgan fingerprint density at radius 3 is 2.88 bits per heavy atom. The summed E-state index contributed by atoms with van der Waals surface area (Å²) in [6.07, 6.45) is 1.80. The lowest BCUT2D eigenvalue weighted by molar-refractivity contribution is -0.116. The Balaban J connectivity index is 1.82. The number of amides is 1. The van der Waals surface area contributed by atoms with Crippen LogP contribution in [-0.2, 0) is 4.79 Å². The first-order chi connectivity index (χ1) is 12.0. The van der Waals surface area contributed by atoms with Crippen molar-refractivity contribution in [2.45, 2.75) is 12.3 Å². The Kier molecular flexibility index (Phi) is 3.69. The van der Waals surface area contributed by atoms with Crippen LogP contribution < -0.4 is 5.32 Å². The molecule has 2 aromatic carbocycles. The van der Waals surface area contributed by atoms with Gasteiger partial charge in [0.15, 0.2) is 0 Å². The number of phenols is 1. The summed E-state index contributed by atoms with van der Waals surface area (Å²) in [5.74, 6) is -0.285. The summed E-state index contributed by atoms with van der Waals surface area (Å²) < 4.78 is 15.1. The second-order valence-corrected chi connectivity index (χ2v) is 6.25. The van der Waals surface area contributed by atoms with Gasteiger partial charge in [0, 0.05) is 12.3 Å². The van der Waals surface area contributed by atoms with Crippen LogP contribution in [0.4, 0.5) is 10.2 Å². The van der Waals surface area contributed by atoms with E-state index in [0.29, 0.717) is 17.2 Å². The number of benzene rings is 2. The van der Waals surface area contributed by atoms with Crippen molar-refractivity contribution in [1.82, 2.24) is 9.55 Å². The van der Waals surface area contributed by atoms with Gasteiger partial charge in [-0.05, 0) is 35.9 Å². The number of hydrogen-bond donors (Lipinski definition) is 2. The van der Waals surface area contributed by atoms with Gasteiger partial charge in [0.25, 0.3) is 0 Å². The van der Waals surface area contributed by atoms with E-state index in [9.17, 15) is 14.3 Å². The highest BCUT2D eigenvalue weighted by Gasteiger charge is 2.31. The minimum Gasteiger partial charge on any atom is -0.508 e. The predicted octanol–water partition coefficient (Wildman–Crippen LogP) is 3.84. The SMILES string of the molecule is O=C1C[C@H](c2cccc(O)c2)c2ncn(-c3ccc(F)c(Cl)c3)c2N1. The zero-order chi connectivity index (χ0) is 17.6. The Bertz CT molecular complexity index is 986. The van der Waals surface area contributed by atoms with Crippen LogP contribution in [0.5, 0.6) is 5.75 Å². The molecule has 1 aliphatic rings. The van der Waals surface area contributed by atoms with Gasteiger partial charge in [-0.3, -0.25) is 9.36 Å². The van der Waals surface area contributed by atoms with Crippen molar-refractivity contribution in [3.63, 3.8) is 0 Å². The number of aromatic nitrogens is 2. The van der Waals surface area contributed by atoms with Gasteiger partial charge in [-0.25, -0.2) is 9.37 Å². The maximum atomic E-state index is 13.4. The van der Waals surface area contributed by atoms with Crippen molar-refractivity contribution in [2.24, 2.45) is 0 Å². The lowest BCUT2D eigenvalue weighted by Crippen LogP contribution is -2.24. The van der Waals surface area contributed by atoms with Gasteiger partial charge in [0.1, 0.15) is 23.7 Å². The molecule has 1 atom stereocenters. The first kappa shape index (κ1) is 15.7. The molecule has 3 aromatic rings. The van der Waals surface area contributed by atoms with Crippen molar-refractivity contribution < 1.29 is 14.3 Å². The Hall–Kier alpha value is -2.86. The molecule has 0 bridgehead atoms. The summed E-state index contributed by atoms with van der Waals surface area (Å²) in [6, 6.07) is 11.1. The number of halogens is 2. The number of imidazole rings is 1. The number of rotatable bonds is 2. The highest BCUT2D eigenvalue weighted by molar-refractivity contribution is 6.30. The largest absolute Gasteiger partial charge is 0.508 e. The molecule has 5 nitrogen and oxygen atoms in total. The second-order valence-electron chi connectivity index (χ2n) is 5.85. The van der Waals surface area contributed by atoms with Crippen LogP contribution in [0, 0.1) is 5.82 Å². The number of fused-ring (bicyclic) bond motifs is 1. The van der Waals surface area contributed by atoms with Gasteiger partial charge in [-0.1, -0.05) is 23.7 Å². The Labute approximate surface area is 147 Å². The van der Waals surface area contributed by atoms with Gasteiger partial charge in [0.2, 0.25) is 5.91 Å². The topological polar surface area (TPSA) is 67.1 Å². The third-order valence-corrected chi connectivity index (χ3v) is 4.52. The molecule has 7 heteroatoms. The number of anilines is 1. The first-order valence-electron chi connectivity index (χ1n) is 7.64. The van der Waals surface area contributed by atoms with Crippen LogP contribution in [0.15, 0.2) is 48.8 Å². The molecule has 2 N–H and O–H groups in total. The number of nitrogens with zero attached hydrogens (tertiary/aromatic N) is 2. The molecule has 0 saturated carbocycles. The molecular weight excluding hydrogens is 345 g/mol. The van der Waals surface area contributed by atoms with Gasteiger partial charge in [-0.2, -0.15) is 0 Å². The molecule has 1 aromatic heterocycles. The van der Waals surface area contributed by atoms with E-state index in [1.807, 2.05) is 6.07 Å². The standard InChI is InChI=1S/C18H13ClFN3O2/c19-14-7-11(4-5-15(14)20)23-9-21-17-13(8-16(25)22-18(17)23)10-2-1-3-12(24)6-10/h1-7,9,13,24H,8H2,(H,22,25)/t13-/m1/s1. The van der Waals surface area contributed by atoms with E-state index in [1.54, 1.807) is 35.2 Å². The minimum absolute atomic E-state index is 0.00776. The first-order valence-corrected chi connectivity index (χ1v) is 8.02. The molecule has 0 unspecified atom stereocenters. The van der Waals surface area contributed by atoms with E-state index < -0.39 is 5.82 Å². The zero-order valence-electron chi connectivity index (χ0n) is 12.9. The molecule has 0 fully saturated rings. The summed E-state index contributed by atoms with van der Waals surface area (Å²) in [5.41, 5.74) is 2.08. The predicted molar refractivity (Wildman–Crippen MR) is 91.7 cm³/mol. The molecule has 0 saturated heterocycles. The van der Waals surface area contributed by atoms with Gasteiger partial charge in [-0.15, -0.1) is 0 Å². The molecule has 2 heterocycles. The molecule has 4 rings (SSSR count). The van der Waals surface area contributed by atoms with E-state index in [2.05, 4.69) is 10.3 Å². The fourth-order valence-corrected chi connectivity index (χ4v) is 3.23. The minimum atomic E-state index is -0.513. The summed E-state index contributed by atoms with van der Waals surface area (Å²) in [7, 11) is 0. The average molecular weight is 358 g/mol. The summed E-state index contributed by atoms with van der Waals surface area (Å²) in [5, 5.41) is 12.5. The van der Waals surface area contributed by atoms with E-state index in [0.717, 1.165) is 5.56 Å². The molecule has 1 aliphatic heterocycles. The fraction of sp³-hybridized carbons (Fsp3) is 0.111. The number of nitrogens with one attached hydrogen (secondary N) is 1. The van der Waals surface area contributed by atoms with Crippen LogP contribution in [0.25, 0.3) is 5.69 Å². The Morgan fingerprint density at radius 1 is 1.28 bits per heavy atom. The monoisotopic (exact) mass is 357 g/mol. The van der Waals surface area contributed by atoms with Crippen LogP contribution in [0.2, 0.25) is 5.02 Å². The molecule has 1 amide bonds. The Morgan fingerprint density at radius 2 is 2.12 bits per heavy atom. The third-order valence-electron chi connectivity index (χ3n) is 4.23. The second kappa shape index (κ2) is 5.89. The number of carbonyl (C=O) groups is 1. The number of aromatic hydroxyl groups is 1. The fourth-order valence-electron chi connectivity index (χ4n) is 3.05. The number of carbonyl (C=O) groups excluding carboxylic acids is 1. The quantitative estimate of drug-likeness (QED) is 0.732. The van der Waals surface area contributed by atoms with Crippen LogP contribution in [-0.4, -0.2) is 20.6 Å². The van der Waals surface area contributed by atoms with Crippen molar-refractivity contribution in [1.29, 1.82) is 0 Å². The van der Waals surface area contributed by atoms with Crippen molar-refractivity contribution in [3.8, 4) is 11.4 Å². The van der Waals surface area contributed by atoms with Crippen molar-refractivity contribution in [3.05, 3.63) is 70.9 Å².